The normalized spacial score (nSPS) is 21.9. The molecule has 0 spiro atoms. The van der Waals surface area contributed by atoms with E-state index in [1.54, 1.807) is 0 Å². The van der Waals surface area contributed by atoms with Crippen LogP contribution in [0.5, 0.6) is 0 Å². The Hall–Kier alpha value is -1.84. The molecule has 3 rings (SSSR count). The van der Waals surface area contributed by atoms with Crippen LogP contribution in [0.15, 0.2) is 24.3 Å². The van der Waals surface area contributed by atoms with Gasteiger partial charge < -0.3 is 10.2 Å². The molecule has 94 valence electrons. The fourth-order valence-corrected chi connectivity index (χ4v) is 2.75. The molecule has 1 aromatic carbocycles. The number of amides is 2. The van der Waals surface area contributed by atoms with Gasteiger partial charge in [-0.15, -0.1) is 0 Å². The highest BCUT2D eigenvalue weighted by Gasteiger charge is 2.33. The van der Waals surface area contributed by atoms with Crippen molar-refractivity contribution >= 4 is 17.5 Å². The van der Waals surface area contributed by atoms with E-state index >= 15 is 0 Å². The number of hydrogen-bond acceptors (Lipinski definition) is 2. The Balaban J connectivity index is 1.76. The van der Waals surface area contributed by atoms with E-state index in [1.807, 2.05) is 29.2 Å². The second-order valence-corrected chi connectivity index (χ2v) is 4.92. The number of fused-ring (bicyclic) bond motifs is 1. The molecule has 2 heterocycles. The minimum absolute atomic E-state index is 0.0521. The summed E-state index contributed by atoms with van der Waals surface area (Å²) in [6, 6.07) is 7.61. The van der Waals surface area contributed by atoms with E-state index < -0.39 is 0 Å². The van der Waals surface area contributed by atoms with Crippen LogP contribution in [0.25, 0.3) is 0 Å². The Bertz CT molecular complexity index is 492. The van der Waals surface area contributed by atoms with Crippen LogP contribution >= 0.6 is 0 Å². The van der Waals surface area contributed by atoms with E-state index in [1.165, 1.54) is 0 Å². The molecule has 1 unspecified atom stereocenters. The Morgan fingerprint density at radius 2 is 2.00 bits per heavy atom. The number of benzene rings is 1. The van der Waals surface area contributed by atoms with Crippen molar-refractivity contribution in [3.05, 3.63) is 29.8 Å². The molecular formula is C14H16N2O2. The van der Waals surface area contributed by atoms with Gasteiger partial charge in [0, 0.05) is 25.2 Å². The van der Waals surface area contributed by atoms with Crippen LogP contribution in [0, 0.1) is 0 Å². The number of carbonyl (C=O) groups excluding carboxylic acids is 2. The standard InChI is InChI=1S/C14H16N2O2/c17-13(16-7-3-4-8-16)9-11-10-5-1-2-6-12(10)15-14(11)18/h1-2,5-6,11H,3-4,7-9H2,(H,15,18). The summed E-state index contributed by atoms with van der Waals surface area (Å²) in [7, 11) is 0. The molecule has 18 heavy (non-hydrogen) atoms. The number of nitrogens with zero attached hydrogens (tertiary/aromatic N) is 1. The number of likely N-dealkylation sites (tertiary alicyclic amines) is 1. The Labute approximate surface area is 106 Å². The van der Waals surface area contributed by atoms with Gasteiger partial charge in [-0.3, -0.25) is 9.59 Å². The number of carbonyl (C=O) groups is 2. The average Bonchev–Trinajstić information content (AvgIpc) is 2.98. The summed E-state index contributed by atoms with van der Waals surface area (Å²) in [5.74, 6) is -0.262. The number of anilines is 1. The van der Waals surface area contributed by atoms with Crippen molar-refractivity contribution in [3.8, 4) is 0 Å². The quantitative estimate of drug-likeness (QED) is 0.861. The zero-order valence-corrected chi connectivity index (χ0v) is 10.2. The number of nitrogens with one attached hydrogen (secondary N) is 1. The number of hydrogen-bond donors (Lipinski definition) is 1. The van der Waals surface area contributed by atoms with Crippen molar-refractivity contribution in [2.45, 2.75) is 25.2 Å². The van der Waals surface area contributed by atoms with Gasteiger partial charge >= 0.3 is 0 Å². The van der Waals surface area contributed by atoms with Crippen LogP contribution in [-0.4, -0.2) is 29.8 Å². The maximum Gasteiger partial charge on any atom is 0.232 e. The van der Waals surface area contributed by atoms with E-state index in [9.17, 15) is 9.59 Å². The van der Waals surface area contributed by atoms with Crippen LogP contribution in [0.3, 0.4) is 0 Å². The van der Waals surface area contributed by atoms with Crippen LogP contribution in [0.4, 0.5) is 5.69 Å². The van der Waals surface area contributed by atoms with Crippen molar-refractivity contribution < 1.29 is 9.59 Å². The van der Waals surface area contributed by atoms with Gasteiger partial charge in [0.25, 0.3) is 0 Å². The Morgan fingerprint density at radius 1 is 1.28 bits per heavy atom. The minimum atomic E-state index is -0.311. The molecule has 2 aliphatic heterocycles. The lowest BCUT2D eigenvalue weighted by Crippen LogP contribution is -2.30. The zero-order chi connectivity index (χ0) is 12.5. The molecule has 4 nitrogen and oxygen atoms in total. The van der Waals surface area contributed by atoms with Crippen LogP contribution in [0.1, 0.15) is 30.7 Å². The molecule has 1 saturated heterocycles. The summed E-state index contributed by atoms with van der Waals surface area (Å²) in [4.78, 5) is 25.9. The van der Waals surface area contributed by atoms with Crippen molar-refractivity contribution in [2.75, 3.05) is 18.4 Å². The molecule has 1 atom stereocenters. The first-order chi connectivity index (χ1) is 8.75. The van der Waals surface area contributed by atoms with Crippen molar-refractivity contribution in [1.82, 2.24) is 4.90 Å². The third-order valence-corrected chi connectivity index (χ3v) is 3.75. The van der Waals surface area contributed by atoms with Crippen molar-refractivity contribution in [1.29, 1.82) is 0 Å². The molecule has 2 amide bonds. The van der Waals surface area contributed by atoms with Gasteiger partial charge in [0.2, 0.25) is 11.8 Å². The molecule has 0 bridgehead atoms. The molecule has 0 aliphatic carbocycles. The van der Waals surface area contributed by atoms with Gasteiger partial charge in [-0.05, 0) is 24.5 Å². The lowest BCUT2D eigenvalue weighted by atomic mass is 9.97. The second kappa shape index (κ2) is 4.44. The third-order valence-electron chi connectivity index (χ3n) is 3.75. The number of para-hydroxylation sites is 1. The third kappa shape index (κ3) is 1.88. The average molecular weight is 244 g/mol. The first-order valence-electron chi connectivity index (χ1n) is 6.43. The lowest BCUT2D eigenvalue weighted by Gasteiger charge is -2.17. The van der Waals surface area contributed by atoms with Crippen molar-refractivity contribution in [3.63, 3.8) is 0 Å². The van der Waals surface area contributed by atoms with Gasteiger partial charge in [0.15, 0.2) is 0 Å². The van der Waals surface area contributed by atoms with Gasteiger partial charge in [0.1, 0.15) is 0 Å². The smallest absolute Gasteiger partial charge is 0.232 e. The van der Waals surface area contributed by atoms with E-state index in [-0.39, 0.29) is 17.7 Å². The van der Waals surface area contributed by atoms with Gasteiger partial charge in [-0.25, -0.2) is 0 Å². The van der Waals surface area contributed by atoms with E-state index in [0.717, 1.165) is 37.2 Å². The molecule has 0 saturated carbocycles. The topological polar surface area (TPSA) is 49.4 Å². The Kier molecular flexibility index (Phi) is 2.78. The predicted octanol–water partition coefficient (Wildman–Crippen LogP) is 1.73. The molecule has 1 aromatic rings. The van der Waals surface area contributed by atoms with Gasteiger partial charge in [-0.1, -0.05) is 18.2 Å². The summed E-state index contributed by atoms with van der Waals surface area (Å²) in [6.45, 7) is 1.68. The molecule has 4 heteroatoms. The highest BCUT2D eigenvalue weighted by molar-refractivity contribution is 6.04. The fraction of sp³-hybridized carbons (Fsp3) is 0.429. The van der Waals surface area contributed by atoms with Gasteiger partial charge in [-0.2, -0.15) is 0 Å². The summed E-state index contributed by atoms with van der Waals surface area (Å²) in [6.07, 6.45) is 2.46. The largest absolute Gasteiger partial charge is 0.343 e. The monoisotopic (exact) mass is 244 g/mol. The first-order valence-corrected chi connectivity index (χ1v) is 6.43. The molecule has 1 fully saturated rings. The first kappa shape index (κ1) is 11.3. The Morgan fingerprint density at radius 3 is 2.78 bits per heavy atom. The molecular weight excluding hydrogens is 228 g/mol. The maximum atomic E-state index is 12.1. The summed E-state index contributed by atoms with van der Waals surface area (Å²) >= 11 is 0. The zero-order valence-electron chi connectivity index (χ0n) is 10.2. The second-order valence-electron chi connectivity index (χ2n) is 4.92. The highest BCUT2D eigenvalue weighted by Crippen LogP contribution is 2.34. The molecule has 0 radical (unpaired) electrons. The molecule has 0 aromatic heterocycles. The fourth-order valence-electron chi connectivity index (χ4n) is 2.75. The van der Waals surface area contributed by atoms with Gasteiger partial charge in [0.05, 0.1) is 5.92 Å². The minimum Gasteiger partial charge on any atom is -0.343 e. The van der Waals surface area contributed by atoms with E-state index in [4.69, 9.17) is 0 Å². The highest BCUT2D eigenvalue weighted by atomic mass is 16.2. The summed E-state index contributed by atoms with van der Waals surface area (Å²) in [5.41, 5.74) is 1.80. The number of rotatable bonds is 2. The maximum absolute atomic E-state index is 12.1. The molecule has 2 aliphatic rings. The summed E-state index contributed by atoms with van der Waals surface area (Å²) < 4.78 is 0. The molecule has 1 N–H and O–H groups in total. The van der Waals surface area contributed by atoms with Crippen LogP contribution in [0.2, 0.25) is 0 Å². The van der Waals surface area contributed by atoms with E-state index in [0.29, 0.717) is 6.42 Å². The SMILES string of the molecule is O=C1Nc2ccccc2C1CC(=O)N1CCCC1. The van der Waals surface area contributed by atoms with Crippen molar-refractivity contribution in [2.24, 2.45) is 0 Å². The summed E-state index contributed by atoms with van der Waals surface area (Å²) in [5, 5.41) is 2.83. The van der Waals surface area contributed by atoms with Crippen LogP contribution < -0.4 is 5.32 Å². The van der Waals surface area contributed by atoms with E-state index in [2.05, 4.69) is 5.32 Å². The lowest BCUT2D eigenvalue weighted by molar-refractivity contribution is -0.132. The van der Waals surface area contributed by atoms with Crippen LogP contribution in [-0.2, 0) is 9.59 Å². The predicted molar refractivity (Wildman–Crippen MR) is 68.2 cm³/mol.